The van der Waals surface area contributed by atoms with Crippen LogP contribution in [0.4, 0.5) is 10.5 Å². The molecular weight excluding hydrogens is 524 g/mol. The lowest BCUT2D eigenvalue weighted by molar-refractivity contribution is -0.155. The molecule has 3 aromatic rings. The number of anilines is 1. The van der Waals surface area contributed by atoms with Crippen LogP contribution in [0.25, 0.3) is 10.9 Å². The number of nitrogens with zero attached hydrogens (tertiary/aromatic N) is 3. The SMILES string of the molecule is C=CC(=O)Nc1ccc2c3c(n(Cc4ccc(C(=O)COC5CCCCO5)cc4)c2c1)CN1CC3C(=O)N(C)C1=O. The molecule has 10 heteroatoms. The van der Waals surface area contributed by atoms with Gasteiger partial charge in [-0.2, -0.15) is 0 Å². The monoisotopic (exact) mass is 556 g/mol. The standard InChI is InChI=1S/C31H32N4O6/c1-3-27(37)32-21-11-12-22-24(14-21)35(25-17-34-16-23(29(22)25)30(38)33(2)31(34)39)15-19-7-9-20(10-8-19)26(36)18-41-28-6-4-5-13-40-28/h3,7-12,14,23,28H,1,4-6,13,15-18H2,2H3,(H,32,37). The molecule has 1 aromatic heterocycles. The Morgan fingerprint density at radius 1 is 1.15 bits per heavy atom. The number of rotatable bonds is 8. The maximum absolute atomic E-state index is 13.2. The zero-order chi connectivity index (χ0) is 28.7. The van der Waals surface area contributed by atoms with E-state index in [9.17, 15) is 19.2 Å². The fraction of sp³-hybridized carbons (Fsp3) is 0.355. The molecule has 0 spiro atoms. The highest BCUT2D eigenvalue weighted by molar-refractivity contribution is 6.05. The number of likely N-dealkylation sites (N-methyl/N-ethyl adjacent to an activating group) is 1. The molecule has 212 valence electrons. The van der Waals surface area contributed by atoms with Crippen LogP contribution in [0.2, 0.25) is 0 Å². The van der Waals surface area contributed by atoms with E-state index in [4.69, 9.17) is 9.47 Å². The Morgan fingerprint density at radius 2 is 1.95 bits per heavy atom. The number of benzene rings is 2. The van der Waals surface area contributed by atoms with Crippen molar-refractivity contribution in [3.63, 3.8) is 0 Å². The summed E-state index contributed by atoms with van der Waals surface area (Å²) in [5.74, 6) is -1.12. The first-order valence-corrected chi connectivity index (χ1v) is 13.8. The second-order valence-corrected chi connectivity index (χ2v) is 10.7. The van der Waals surface area contributed by atoms with Crippen LogP contribution >= 0.6 is 0 Å². The summed E-state index contributed by atoms with van der Waals surface area (Å²) in [6, 6.07) is 12.7. The van der Waals surface area contributed by atoms with Crippen molar-refractivity contribution >= 4 is 40.2 Å². The second-order valence-electron chi connectivity index (χ2n) is 10.7. The highest BCUT2D eigenvalue weighted by Gasteiger charge is 2.44. The molecule has 2 unspecified atom stereocenters. The number of aromatic nitrogens is 1. The Labute approximate surface area is 237 Å². The Hall–Kier alpha value is -4.28. The third-order valence-corrected chi connectivity index (χ3v) is 8.10. The van der Waals surface area contributed by atoms with E-state index in [2.05, 4.69) is 16.5 Å². The summed E-state index contributed by atoms with van der Waals surface area (Å²) in [6.45, 7) is 5.30. The number of imide groups is 1. The molecule has 4 heterocycles. The van der Waals surface area contributed by atoms with Gasteiger partial charge in [0.05, 0.1) is 18.0 Å². The zero-order valence-corrected chi connectivity index (χ0v) is 22.9. The topological polar surface area (TPSA) is 110 Å². The number of carbonyl (C=O) groups is 4. The molecule has 0 saturated carbocycles. The van der Waals surface area contributed by atoms with E-state index in [-0.39, 0.29) is 36.5 Å². The summed E-state index contributed by atoms with van der Waals surface area (Å²) in [5.41, 5.74) is 4.74. The van der Waals surface area contributed by atoms with Crippen LogP contribution < -0.4 is 5.32 Å². The Bertz CT molecular complexity index is 1550. The molecule has 2 atom stereocenters. The van der Waals surface area contributed by atoms with E-state index >= 15 is 0 Å². The Balaban J connectivity index is 1.31. The van der Waals surface area contributed by atoms with E-state index in [1.54, 1.807) is 17.0 Å². The lowest BCUT2D eigenvalue weighted by atomic mass is 9.89. The number of ketones is 1. The number of urea groups is 1. The molecule has 4 amide bonds. The van der Waals surface area contributed by atoms with Gasteiger partial charge >= 0.3 is 6.03 Å². The quantitative estimate of drug-likeness (QED) is 0.331. The van der Waals surface area contributed by atoms with Gasteiger partial charge in [-0.1, -0.05) is 36.9 Å². The number of nitrogens with one attached hydrogen (secondary N) is 1. The third-order valence-electron chi connectivity index (χ3n) is 8.10. The van der Waals surface area contributed by atoms with Crippen LogP contribution in [0.5, 0.6) is 0 Å². The molecule has 2 bridgehead atoms. The predicted octanol–water partition coefficient (Wildman–Crippen LogP) is 4.03. The van der Waals surface area contributed by atoms with Gasteiger partial charge in [-0.05, 0) is 48.6 Å². The lowest BCUT2D eigenvalue weighted by Gasteiger charge is -2.41. The molecule has 0 radical (unpaired) electrons. The highest BCUT2D eigenvalue weighted by Crippen LogP contribution is 2.41. The molecule has 1 N–H and O–H groups in total. The number of hydrogen-bond acceptors (Lipinski definition) is 6. The van der Waals surface area contributed by atoms with Crippen molar-refractivity contribution in [2.75, 3.05) is 32.1 Å². The number of Topliss-reactive ketones (excluding diaryl/α,β-unsaturated/α-hetero) is 1. The van der Waals surface area contributed by atoms with E-state index in [0.717, 1.165) is 47.0 Å². The van der Waals surface area contributed by atoms with Gasteiger partial charge < -0.3 is 24.3 Å². The van der Waals surface area contributed by atoms with E-state index in [1.807, 2.05) is 30.3 Å². The van der Waals surface area contributed by atoms with Gasteiger partial charge in [-0.3, -0.25) is 19.3 Å². The number of amides is 4. The number of hydrogen-bond donors (Lipinski definition) is 1. The van der Waals surface area contributed by atoms with E-state index in [0.29, 0.717) is 37.5 Å². The molecule has 0 aliphatic carbocycles. The predicted molar refractivity (Wildman–Crippen MR) is 151 cm³/mol. The van der Waals surface area contributed by atoms with Gasteiger partial charge in [0.25, 0.3) is 0 Å². The lowest BCUT2D eigenvalue weighted by Crippen LogP contribution is -2.56. The van der Waals surface area contributed by atoms with Crippen molar-refractivity contribution in [2.45, 2.75) is 44.6 Å². The second kappa shape index (κ2) is 10.9. The van der Waals surface area contributed by atoms with Crippen molar-refractivity contribution < 1.29 is 28.7 Å². The van der Waals surface area contributed by atoms with Crippen molar-refractivity contribution in [3.8, 4) is 0 Å². The summed E-state index contributed by atoms with van der Waals surface area (Å²) >= 11 is 0. The van der Waals surface area contributed by atoms with Crippen molar-refractivity contribution in [3.05, 3.63) is 77.5 Å². The van der Waals surface area contributed by atoms with Crippen LogP contribution in [-0.4, -0.2) is 71.1 Å². The normalized spacial score (nSPS) is 20.2. The smallest absolute Gasteiger partial charge is 0.326 e. The molecule has 2 aromatic carbocycles. The summed E-state index contributed by atoms with van der Waals surface area (Å²) in [6.07, 6.45) is 3.73. The molecule has 6 rings (SSSR count). The van der Waals surface area contributed by atoms with Crippen molar-refractivity contribution in [1.29, 1.82) is 0 Å². The maximum Gasteiger partial charge on any atom is 0.326 e. The summed E-state index contributed by atoms with van der Waals surface area (Å²) in [5, 5.41) is 3.72. The fourth-order valence-corrected chi connectivity index (χ4v) is 5.96. The molecule has 3 aliphatic heterocycles. The van der Waals surface area contributed by atoms with Crippen LogP contribution in [0.15, 0.2) is 55.1 Å². The summed E-state index contributed by atoms with van der Waals surface area (Å²) in [7, 11) is 1.52. The molecule has 41 heavy (non-hydrogen) atoms. The van der Waals surface area contributed by atoms with Crippen molar-refractivity contribution in [2.24, 2.45) is 0 Å². The van der Waals surface area contributed by atoms with Gasteiger partial charge in [0.15, 0.2) is 12.1 Å². The molecular formula is C31H32N4O6. The minimum atomic E-state index is -0.466. The average molecular weight is 557 g/mol. The fourth-order valence-electron chi connectivity index (χ4n) is 5.96. The number of ether oxygens (including phenoxy) is 2. The maximum atomic E-state index is 13.2. The Kier molecular flexibility index (Phi) is 7.19. The average Bonchev–Trinajstić information content (AvgIpc) is 3.30. The van der Waals surface area contributed by atoms with Crippen LogP contribution in [0.3, 0.4) is 0 Å². The van der Waals surface area contributed by atoms with Gasteiger partial charge in [0, 0.05) is 49.1 Å². The largest absolute Gasteiger partial charge is 0.353 e. The van der Waals surface area contributed by atoms with E-state index < -0.39 is 5.92 Å². The van der Waals surface area contributed by atoms with E-state index in [1.165, 1.54) is 18.0 Å². The van der Waals surface area contributed by atoms with Crippen molar-refractivity contribution in [1.82, 2.24) is 14.4 Å². The minimum absolute atomic E-state index is 0.0350. The van der Waals surface area contributed by atoms with Gasteiger partial charge in [0.1, 0.15) is 6.61 Å². The van der Waals surface area contributed by atoms with Crippen LogP contribution in [-0.2, 0) is 32.2 Å². The number of fused-ring (bicyclic) bond motifs is 6. The highest BCUT2D eigenvalue weighted by atomic mass is 16.7. The third kappa shape index (κ3) is 5.05. The molecule has 3 aliphatic rings. The Morgan fingerprint density at radius 3 is 2.68 bits per heavy atom. The number of carbonyl (C=O) groups excluding carboxylic acids is 4. The zero-order valence-electron chi connectivity index (χ0n) is 22.9. The van der Waals surface area contributed by atoms with Gasteiger partial charge in [-0.25, -0.2) is 4.79 Å². The van der Waals surface area contributed by atoms with Gasteiger partial charge in [-0.15, -0.1) is 0 Å². The van der Waals surface area contributed by atoms with Crippen LogP contribution in [0, 0.1) is 0 Å². The molecule has 2 fully saturated rings. The first-order valence-electron chi connectivity index (χ1n) is 13.8. The van der Waals surface area contributed by atoms with Crippen LogP contribution in [0.1, 0.15) is 52.4 Å². The molecule has 10 nitrogen and oxygen atoms in total. The molecule has 2 saturated heterocycles. The summed E-state index contributed by atoms with van der Waals surface area (Å²) < 4.78 is 13.3. The summed E-state index contributed by atoms with van der Waals surface area (Å²) in [4.78, 5) is 53.6. The van der Waals surface area contributed by atoms with Gasteiger partial charge in [0.2, 0.25) is 11.8 Å². The first kappa shape index (κ1) is 26.9. The minimum Gasteiger partial charge on any atom is -0.353 e. The first-order chi connectivity index (χ1) is 19.8.